The molecule has 0 radical (unpaired) electrons. The van der Waals surface area contributed by atoms with Crippen molar-refractivity contribution in [1.29, 1.82) is 5.26 Å². The molecule has 0 spiro atoms. The molecule has 0 aliphatic rings. The van der Waals surface area contributed by atoms with E-state index in [-0.39, 0.29) is 0 Å². The fourth-order valence-corrected chi connectivity index (χ4v) is 0.519. The molecule has 0 fully saturated rings. The summed E-state index contributed by atoms with van der Waals surface area (Å²) >= 11 is 0. The lowest BCUT2D eigenvalue weighted by molar-refractivity contribution is -0.127. The first kappa shape index (κ1) is 12.4. The number of hydrazone groups is 1. The zero-order chi connectivity index (χ0) is 11.4. The molecule has 0 atom stereocenters. The SMILES string of the molecule is CC(=O)N(C)/N=C(\CC#N)C(F)(F)F. The topological polar surface area (TPSA) is 56.5 Å². The van der Waals surface area contributed by atoms with Crippen molar-refractivity contribution in [3.63, 3.8) is 0 Å². The summed E-state index contributed by atoms with van der Waals surface area (Å²) in [5, 5.41) is 11.6. The first-order valence-electron chi connectivity index (χ1n) is 3.55. The first-order valence-corrected chi connectivity index (χ1v) is 3.55. The van der Waals surface area contributed by atoms with Gasteiger partial charge >= 0.3 is 6.18 Å². The van der Waals surface area contributed by atoms with E-state index in [0.29, 0.717) is 5.01 Å². The molecule has 0 aliphatic carbocycles. The average Bonchev–Trinajstić information content (AvgIpc) is 2.01. The van der Waals surface area contributed by atoms with Crippen molar-refractivity contribution in [3.05, 3.63) is 0 Å². The Morgan fingerprint density at radius 2 is 2.07 bits per heavy atom. The van der Waals surface area contributed by atoms with Gasteiger partial charge in [0.15, 0.2) is 5.71 Å². The van der Waals surface area contributed by atoms with Crippen LogP contribution in [0.4, 0.5) is 13.2 Å². The Morgan fingerprint density at radius 3 is 2.36 bits per heavy atom. The minimum atomic E-state index is -4.68. The fraction of sp³-hybridized carbons (Fsp3) is 0.571. The van der Waals surface area contributed by atoms with Gasteiger partial charge in [-0.05, 0) is 0 Å². The minimum absolute atomic E-state index is 0.542. The van der Waals surface area contributed by atoms with Crippen LogP contribution in [0.3, 0.4) is 0 Å². The van der Waals surface area contributed by atoms with Gasteiger partial charge in [0.2, 0.25) is 5.91 Å². The third-order valence-corrected chi connectivity index (χ3v) is 1.30. The highest BCUT2D eigenvalue weighted by molar-refractivity contribution is 5.92. The van der Waals surface area contributed by atoms with E-state index in [9.17, 15) is 18.0 Å². The zero-order valence-electron chi connectivity index (χ0n) is 7.59. The Bertz CT molecular complexity index is 290. The van der Waals surface area contributed by atoms with Crippen molar-refractivity contribution < 1.29 is 18.0 Å². The van der Waals surface area contributed by atoms with Crippen LogP contribution in [0.1, 0.15) is 13.3 Å². The quantitative estimate of drug-likeness (QED) is 0.506. The number of rotatable bonds is 2. The van der Waals surface area contributed by atoms with Gasteiger partial charge in [-0.2, -0.15) is 23.5 Å². The molecular formula is C7H8F3N3O. The molecule has 0 bridgehead atoms. The lowest BCUT2D eigenvalue weighted by atomic mass is 10.3. The molecule has 0 heterocycles. The van der Waals surface area contributed by atoms with E-state index < -0.39 is 24.2 Å². The second kappa shape index (κ2) is 4.60. The highest BCUT2D eigenvalue weighted by Gasteiger charge is 2.36. The van der Waals surface area contributed by atoms with Crippen molar-refractivity contribution in [3.8, 4) is 6.07 Å². The second-order valence-electron chi connectivity index (χ2n) is 2.42. The van der Waals surface area contributed by atoms with Crippen molar-refractivity contribution in [2.75, 3.05) is 7.05 Å². The number of hydrogen-bond acceptors (Lipinski definition) is 3. The largest absolute Gasteiger partial charge is 0.432 e. The van der Waals surface area contributed by atoms with Gasteiger partial charge in [-0.25, -0.2) is 5.01 Å². The molecule has 0 aromatic carbocycles. The highest BCUT2D eigenvalue weighted by Crippen LogP contribution is 2.19. The molecule has 78 valence electrons. The van der Waals surface area contributed by atoms with Gasteiger partial charge < -0.3 is 0 Å². The maximum atomic E-state index is 12.1. The third kappa shape index (κ3) is 3.89. The molecule has 0 unspecified atom stereocenters. The summed E-state index contributed by atoms with van der Waals surface area (Å²) in [7, 11) is 1.09. The van der Waals surface area contributed by atoms with Gasteiger partial charge in [-0.15, -0.1) is 0 Å². The molecule has 4 nitrogen and oxygen atoms in total. The second-order valence-corrected chi connectivity index (χ2v) is 2.42. The first-order chi connectivity index (χ1) is 6.29. The van der Waals surface area contributed by atoms with E-state index in [1.807, 2.05) is 0 Å². The number of amides is 1. The van der Waals surface area contributed by atoms with Crippen LogP contribution >= 0.6 is 0 Å². The van der Waals surface area contributed by atoms with E-state index in [1.54, 1.807) is 0 Å². The van der Waals surface area contributed by atoms with Gasteiger partial charge in [0.25, 0.3) is 0 Å². The van der Waals surface area contributed by atoms with Crippen molar-refractivity contribution in [2.24, 2.45) is 5.10 Å². The van der Waals surface area contributed by atoms with Crippen LogP contribution in [-0.4, -0.2) is 29.9 Å². The monoisotopic (exact) mass is 207 g/mol. The van der Waals surface area contributed by atoms with E-state index in [1.165, 1.54) is 6.07 Å². The van der Waals surface area contributed by atoms with Crippen LogP contribution in [0.2, 0.25) is 0 Å². The van der Waals surface area contributed by atoms with Crippen molar-refractivity contribution in [2.45, 2.75) is 19.5 Å². The smallest absolute Gasteiger partial charge is 0.273 e. The summed E-state index contributed by atoms with van der Waals surface area (Å²) in [5.74, 6) is -0.635. The predicted molar refractivity (Wildman–Crippen MR) is 42.2 cm³/mol. The molecular weight excluding hydrogens is 199 g/mol. The van der Waals surface area contributed by atoms with Crippen molar-refractivity contribution >= 4 is 11.6 Å². The predicted octanol–water partition coefficient (Wildman–Crippen LogP) is 1.30. The normalized spacial score (nSPS) is 12.1. The molecule has 14 heavy (non-hydrogen) atoms. The van der Waals surface area contributed by atoms with Gasteiger partial charge in [-0.3, -0.25) is 4.79 Å². The molecule has 0 saturated carbocycles. The molecule has 0 saturated heterocycles. The van der Waals surface area contributed by atoms with Crippen LogP contribution in [0.15, 0.2) is 5.10 Å². The summed E-state index contributed by atoms with van der Waals surface area (Å²) in [5.41, 5.74) is -1.28. The Kier molecular flexibility index (Phi) is 4.08. The zero-order valence-corrected chi connectivity index (χ0v) is 7.59. The Labute approximate surface area is 78.6 Å². The van der Waals surface area contributed by atoms with Crippen LogP contribution in [0, 0.1) is 11.3 Å². The number of carbonyl (C=O) groups excluding carboxylic acids is 1. The van der Waals surface area contributed by atoms with Gasteiger partial charge in [0, 0.05) is 14.0 Å². The highest BCUT2D eigenvalue weighted by atomic mass is 19.4. The lowest BCUT2D eigenvalue weighted by Crippen LogP contribution is -2.28. The molecule has 0 aromatic heterocycles. The molecule has 0 rings (SSSR count). The number of carbonyl (C=O) groups is 1. The van der Waals surface area contributed by atoms with Gasteiger partial charge in [0.1, 0.15) is 0 Å². The van der Waals surface area contributed by atoms with Crippen molar-refractivity contribution in [1.82, 2.24) is 5.01 Å². The molecule has 1 amide bonds. The molecule has 0 aromatic rings. The maximum Gasteiger partial charge on any atom is 0.432 e. The van der Waals surface area contributed by atoms with Crippen LogP contribution < -0.4 is 0 Å². The molecule has 0 N–H and O–H groups in total. The fourth-order valence-electron chi connectivity index (χ4n) is 0.519. The van der Waals surface area contributed by atoms with E-state index in [4.69, 9.17) is 5.26 Å². The Morgan fingerprint density at radius 1 is 1.57 bits per heavy atom. The standard InChI is InChI=1S/C7H8F3N3O/c1-5(14)13(2)12-6(3-4-11)7(8,9)10/h3H2,1-2H3/b12-6+. The van der Waals surface area contributed by atoms with E-state index >= 15 is 0 Å². The van der Waals surface area contributed by atoms with Crippen LogP contribution in [-0.2, 0) is 4.79 Å². The summed E-state index contributed by atoms with van der Waals surface area (Å²) in [6.07, 6.45) is -5.56. The third-order valence-electron chi connectivity index (χ3n) is 1.30. The number of halogens is 3. The Balaban J connectivity index is 4.84. The number of nitriles is 1. The maximum absolute atomic E-state index is 12.1. The minimum Gasteiger partial charge on any atom is -0.273 e. The van der Waals surface area contributed by atoms with Gasteiger partial charge in [0.05, 0.1) is 12.5 Å². The molecule has 7 heteroatoms. The summed E-state index contributed by atoms with van der Waals surface area (Å²) in [4.78, 5) is 10.6. The molecule has 0 aliphatic heterocycles. The summed E-state index contributed by atoms with van der Waals surface area (Å²) in [6, 6.07) is 1.33. The Hall–Kier alpha value is -1.58. The number of hydrogen-bond donors (Lipinski definition) is 0. The van der Waals surface area contributed by atoms with Crippen LogP contribution in [0.5, 0.6) is 0 Å². The van der Waals surface area contributed by atoms with Crippen LogP contribution in [0.25, 0.3) is 0 Å². The lowest BCUT2D eigenvalue weighted by Gasteiger charge is -2.12. The van der Waals surface area contributed by atoms with Gasteiger partial charge in [-0.1, -0.05) is 0 Å². The average molecular weight is 207 g/mol. The van der Waals surface area contributed by atoms with E-state index in [0.717, 1.165) is 14.0 Å². The number of nitrogens with zero attached hydrogens (tertiary/aromatic N) is 3. The summed E-state index contributed by atoms with van der Waals surface area (Å²) in [6.45, 7) is 1.07. The van der Waals surface area contributed by atoms with E-state index in [2.05, 4.69) is 5.10 Å². The summed E-state index contributed by atoms with van der Waals surface area (Å²) < 4.78 is 36.3. The number of alkyl halides is 3.